The molecule has 0 bridgehead atoms. The van der Waals surface area contributed by atoms with E-state index in [0.717, 1.165) is 21.7 Å². The Morgan fingerprint density at radius 1 is 0.922 bits per heavy atom. The highest BCUT2D eigenvalue weighted by Crippen LogP contribution is 2.28. The highest BCUT2D eigenvalue weighted by molar-refractivity contribution is 7.13. The van der Waals surface area contributed by atoms with Gasteiger partial charge in [0.1, 0.15) is 6.61 Å². The molecule has 1 fully saturated rings. The predicted molar refractivity (Wildman–Crippen MR) is 195 cm³/mol. The van der Waals surface area contributed by atoms with Crippen molar-refractivity contribution < 1.29 is 43.1 Å². The summed E-state index contributed by atoms with van der Waals surface area (Å²) in [6.45, 7) is 14.6. The fraction of sp³-hybridized carbons (Fsp3) is 0.694. The van der Waals surface area contributed by atoms with Crippen molar-refractivity contribution in [2.45, 2.75) is 58.8 Å². The molecule has 5 N–H and O–H groups in total. The fourth-order valence-electron chi connectivity index (χ4n) is 5.37. The number of nitrogens with zero attached hydrogens (tertiary/aromatic N) is 2. The number of rotatable bonds is 26. The maximum Gasteiger partial charge on any atom is 0.246 e. The number of hydrogen-bond donors (Lipinski definition) is 4. The molecule has 0 radical (unpaired) electrons. The third kappa shape index (κ3) is 16.8. The Labute approximate surface area is 306 Å². The van der Waals surface area contributed by atoms with Gasteiger partial charge < -0.3 is 49.9 Å². The maximum atomic E-state index is 13.3. The second kappa shape index (κ2) is 23.9. The molecular weight excluding hydrogens is 678 g/mol. The molecule has 0 saturated carbocycles. The fourth-order valence-corrected chi connectivity index (χ4v) is 6.18. The van der Waals surface area contributed by atoms with Gasteiger partial charge in [-0.25, -0.2) is 4.98 Å². The Hall–Kier alpha value is -2.57. The van der Waals surface area contributed by atoms with Crippen LogP contribution in [0.5, 0.6) is 0 Å². The van der Waals surface area contributed by atoms with E-state index in [1.807, 2.05) is 62.4 Å². The van der Waals surface area contributed by atoms with Crippen LogP contribution >= 0.6 is 11.3 Å². The van der Waals surface area contributed by atoms with Gasteiger partial charge in [0, 0.05) is 32.2 Å². The first-order valence-electron chi connectivity index (χ1n) is 17.7. The average molecular weight is 738 g/mol. The van der Waals surface area contributed by atoms with Gasteiger partial charge in [-0.15, -0.1) is 11.3 Å². The molecular formula is C36H59N5O9S. The number of thiazole rings is 1. The van der Waals surface area contributed by atoms with Crippen molar-refractivity contribution in [1.29, 1.82) is 0 Å². The van der Waals surface area contributed by atoms with Crippen molar-refractivity contribution in [1.82, 2.24) is 20.5 Å². The molecule has 3 rings (SSSR count). The number of carbonyl (C=O) groups is 2. The summed E-state index contributed by atoms with van der Waals surface area (Å²) in [5.41, 5.74) is 9.97. The number of hydrogen-bond acceptors (Lipinski definition) is 13. The van der Waals surface area contributed by atoms with Crippen LogP contribution in [0.3, 0.4) is 0 Å². The summed E-state index contributed by atoms with van der Waals surface area (Å²) in [5, 5.41) is 16.6. The molecule has 1 aromatic carbocycles. The Bertz CT molecular complexity index is 1260. The van der Waals surface area contributed by atoms with Gasteiger partial charge in [0.05, 0.1) is 101 Å². The quantitative estimate of drug-likeness (QED) is 0.103. The molecule has 3 atom stereocenters. The van der Waals surface area contributed by atoms with Gasteiger partial charge >= 0.3 is 0 Å². The number of aliphatic hydroxyl groups is 1. The number of β-amino-alcohol motifs (C(OH)–C–C–N with tert-alkyl or cyclic N) is 1. The summed E-state index contributed by atoms with van der Waals surface area (Å²) in [6, 6.07) is 7.32. The van der Waals surface area contributed by atoms with E-state index in [1.54, 1.807) is 11.3 Å². The minimum atomic E-state index is -0.621. The van der Waals surface area contributed by atoms with Crippen molar-refractivity contribution in [2.75, 3.05) is 98.9 Å². The highest BCUT2D eigenvalue weighted by atomic mass is 32.1. The van der Waals surface area contributed by atoms with Gasteiger partial charge in [-0.05, 0) is 29.9 Å². The minimum Gasteiger partial charge on any atom is -0.392 e. The third-order valence-electron chi connectivity index (χ3n) is 8.27. The van der Waals surface area contributed by atoms with E-state index < -0.39 is 12.1 Å². The van der Waals surface area contributed by atoms with Gasteiger partial charge in [-0.3, -0.25) is 14.5 Å². The Kier molecular flexibility index (Phi) is 20.1. The molecule has 15 heteroatoms. The van der Waals surface area contributed by atoms with Crippen LogP contribution in [0.2, 0.25) is 0 Å². The van der Waals surface area contributed by atoms with Gasteiger partial charge in [0.2, 0.25) is 11.8 Å². The number of nitrogens with one attached hydrogen (secondary N) is 2. The van der Waals surface area contributed by atoms with Crippen LogP contribution in [-0.2, 0) is 44.6 Å². The van der Waals surface area contributed by atoms with Crippen LogP contribution < -0.4 is 16.4 Å². The summed E-state index contributed by atoms with van der Waals surface area (Å²) in [6.07, 6.45) is -0.283. The lowest BCUT2D eigenvalue weighted by Gasteiger charge is -2.36. The number of aliphatic hydroxyl groups excluding tert-OH is 1. The molecule has 0 unspecified atom stereocenters. The summed E-state index contributed by atoms with van der Waals surface area (Å²) in [5.74, 6) is -0.390. The number of amides is 2. The Balaban J connectivity index is 1.28. The average Bonchev–Trinajstić information content (AvgIpc) is 3.70. The first-order valence-corrected chi connectivity index (χ1v) is 18.6. The van der Waals surface area contributed by atoms with E-state index in [1.165, 1.54) is 0 Å². The molecule has 288 valence electrons. The normalized spacial score (nSPS) is 17.1. The van der Waals surface area contributed by atoms with Crippen molar-refractivity contribution in [3.63, 3.8) is 0 Å². The van der Waals surface area contributed by atoms with Crippen LogP contribution in [-0.4, -0.2) is 144 Å². The molecule has 2 amide bonds. The van der Waals surface area contributed by atoms with Gasteiger partial charge in [-0.1, -0.05) is 45.0 Å². The number of likely N-dealkylation sites (tertiary alicyclic amines) is 1. The van der Waals surface area contributed by atoms with Gasteiger partial charge in [-0.2, -0.15) is 0 Å². The van der Waals surface area contributed by atoms with Crippen LogP contribution in [0, 0.1) is 12.3 Å². The molecule has 1 aliphatic rings. The lowest BCUT2D eigenvalue weighted by molar-refractivity contribution is -0.128. The number of aromatic nitrogens is 1. The van der Waals surface area contributed by atoms with Crippen LogP contribution in [0.4, 0.5) is 0 Å². The summed E-state index contributed by atoms with van der Waals surface area (Å²) >= 11 is 1.61. The molecule has 1 aromatic heterocycles. The maximum absolute atomic E-state index is 13.3. The van der Waals surface area contributed by atoms with Crippen molar-refractivity contribution >= 4 is 23.2 Å². The topological polar surface area (TPSA) is 176 Å². The number of ether oxygens (including phenoxy) is 6. The van der Waals surface area contributed by atoms with Gasteiger partial charge in [0.15, 0.2) is 0 Å². The molecule has 0 aliphatic carbocycles. The van der Waals surface area contributed by atoms with E-state index in [9.17, 15) is 14.7 Å². The van der Waals surface area contributed by atoms with Crippen molar-refractivity contribution in [2.24, 2.45) is 11.1 Å². The van der Waals surface area contributed by atoms with E-state index in [4.69, 9.17) is 34.2 Å². The number of benzene rings is 1. The number of aryl methyl sites for hydroxylation is 1. The third-order valence-corrected chi connectivity index (χ3v) is 9.24. The summed E-state index contributed by atoms with van der Waals surface area (Å²) in [7, 11) is 0. The second-order valence-corrected chi connectivity index (χ2v) is 14.3. The van der Waals surface area contributed by atoms with E-state index in [-0.39, 0.29) is 36.5 Å². The first-order chi connectivity index (χ1) is 24.6. The second-order valence-electron chi connectivity index (χ2n) is 13.4. The molecule has 1 aliphatic heterocycles. The first kappa shape index (κ1) is 42.8. The minimum absolute atomic E-state index is 0.109. The van der Waals surface area contributed by atoms with Crippen molar-refractivity contribution in [3.8, 4) is 10.4 Å². The van der Waals surface area contributed by atoms with E-state index in [2.05, 4.69) is 15.6 Å². The molecule has 51 heavy (non-hydrogen) atoms. The van der Waals surface area contributed by atoms with Crippen LogP contribution in [0.25, 0.3) is 10.4 Å². The monoisotopic (exact) mass is 737 g/mol. The lowest BCUT2D eigenvalue weighted by atomic mass is 9.86. The predicted octanol–water partition coefficient (Wildman–Crippen LogP) is 1.76. The van der Waals surface area contributed by atoms with E-state index >= 15 is 0 Å². The standard InChI is InChI=1S/C36H59N5O9S/c1-27-34(51-26-39-27)29-7-5-28(6-8-29)22-38-35(44)31-21-30(42)23-41(31)24-32(36(2,3)4)40-33(43)25-50-20-19-49-18-17-48-16-15-47-14-13-46-12-11-45-10-9-37/h5-8,26,30-32,42H,9-25,37H2,1-4H3,(H,38,44)(H,40,43)/t30-,31+,32-/m1/s1. The van der Waals surface area contributed by atoms with Crippen LogP contribution in [0.15, 0.2) is 29.8 Å². The zero-order chi connectivity index (χ0) is 36.9. The lowest BCUT2D eigenvalue weighted by Crippen LogP contribution is -2.54. The molecule has 0 spiro atoms. The molecule has 2 aromatic rings. The summed E-state index contributed by atoms with van der Waals surface area (Å²) < 4.78 is 32.6. The highest BCUT2D eigenvalue weighted by Gasteiger charge is 2.39. The van der Waals surface area contributed by atoms with E-state index in [0.29, 0.717) is 98.7 Å². The number of carbonyl (C=O) groups excluding carboxylic acids is 2. The zero-order valence-electron chi connectivity index (χ0n) is 30.7. The van der Waals surface area contributed by atoms with Crippen molar-refractivity contribution in [3.05, 3.63) is 41.0 Å². The Morgan fingerprint density at radius 2 is 1.47 bits per heavy atom. The Morgan fingerprint density at radius 3 is 1.98 bits per heavy atom. The van der Waals surface area contributed by atoms with Gasteiger partial charge in [0.25, 0.3) is 0 Å². The summed E-state index contributed by atoms with van der Waals surface area (Å²) in [4.78, 5) is 33.6. The molecule has 14 nitrogen and oxygen atoms in total. The largest absolute Gasteiger partial charge is 0.392 e. The SMILES string of the molecule is Cc1ncsc1-c1ccc(CNC(=O)[C@@H]2C[C@@H](O)CN2C[C@@H](NC(=O)COCCOCCOCCOCCOCCOCCN)C(C)(C)C)cc1. The zero-order valence-corrected chi connectivity index (χ0v) is 31.5. The molecule has 1 saturated heterocycles. The molecule has 2 heterocycles. The van der Waals surface area contributed by atoms with Crippen LogP contribution in [0.1, 0.15) is 38.4 Å². The smallest absolute Gasteiger partial charge is 0.246 e. The number of nitrogens with two attached hydrogens (primary N) is 1.